The highest BCUT2D eigenvalue weighted by molar-refractivity contribution is 5.00. The van der Waals surface area contributed by atoms with Crippen molar-refractivity contribution in [2.45, 2.75) is 40.5 Å². The van der Waals surface area contributed by atoms with Gasteiger partial charge in [0.25, 0.3) is 0 Å². The Bertz CT molecular complexity index is 173. The van der Waals surface area contributed by atoms with Gasteiger partial charge in [-0.05, 0) is 32.5 Å². The lowest BCUT2D eigenvalue weighted by atomic mass is 9.79. The second-order valence-corrected chi connectivity index (χ2v) is 4.83. The van der Waals surface area contributed by atoms with E-state index in [-0.39, 0.29) is 0 Å². The lowest BCUT2D eigenvalue weighted by Gasteiger charge is -2.48. The lowest BCUT2D eigenvalue weighted by Crippen LogP contribution is -2.57. The van der Waals surface area contributed by atoms with E-state index in [0.29, 0.717) is 5.41 Å². The highest BCUT2D eigenvalue weighted by atomic mass is 15.3. The van der Waals surface area contributed by atoms with E-state index in [2.05, 4.69) is 23.6 Å². The van der Waals surface area contributed by atoms with Gasteiger partial charge in [0.15, 0.2) is 0 Å². The van der Waals surface area contributed by atoms with Crippen molar-refractivity contribution in [2.75, 3.05) is 39.3 Å². The zero-order valence-corrected chi connectivity index (χ0v) is 11.1. The van der Waals surface area contributed by atoms with E-state index in [0.717, 1.165) is 0 Å². The Balaban J connectivity index is 0.000000531. The fourth-order valence-corrected chi connectivity index (χ4v) is 2.93. The minimum atomic E-state index is 0.713. The van der Waals surface area contributed by atoms with E-state index in [4.69, 9.17) is 0 Å². The second-order valence-electron chi connectivity index (χ2n) is 4.83. The Morgan fingerprint density at radius 2 is 1.60 bits per heavy atom. The number of hydrogen-bond acceptors (Lipinski definition) is 2. The summed E-state index contributed by atoms with van der Waals surface area (Å²) in [7, 11) is 0. The van der Waals surface area contributed by atoms with Crippen molar-refractivity contribution >= 4 is 0 Å². The molecular weight excluding hydrogens is 184 g/mol. The van der Waals surface area contributed by atoms with Gasteiger partial charge in [-0.25, -0.2) is 0 Å². The molecule has 2 heteroatoms. The molecular formula is C13H28N2. The highest BCUT2D eigenvalue weighted by Gasteiger charge is 2.46. The fraction of sp³-hybridized carbons (Fsp3) is 1.00. The van der Waals surface area contributed by atoms with E-state index in [1.165, 1.54) is 52.1 Å². The van der Waals surface area contributed by atoms with Gasteiger partial charge >= 0.3 is 0 Å². The largest absolute Gasteiger partial charge is 0.303 e. The van der Waals surface area contributed by atoms with Gasteiger partial charge in [0.05, 0.1) is 0 Å². The van der Waals surface area contributed by atoms with E-state index >= 15 is 0 Å². The molecule has 0 amide bonds. The number of rotatable bonds is 3. The quantitative estimate of drug-likeness (QED) is 0.709. The predicted octanol–water partition coefficient (Wildman–Crippen LogP) is 2.45. The molecule has 0 N–H and O–H groups in total. The maximum absolute atomic E-state index is 2.61. The van der Waals surface area contributed by atoms with Gasteiger partial charge in [0.1, 0.15) is 0 Å². The van der Waals surface area contributed by atoms with Crippen molar-refractivity contribution < 1.29 is 0 Å². The molecule has 90 valence electrons. The van der Waals surface area contributed by atoms with Crippen molar-refractivity contribution in [3.63, 3.8) is 0 Å². The molecule has 0 atom stereocenters. The fourth-order valence-electron chi connectivity index (χ4n) is 2.93. The van der Waals surface area contributed by atoms with Gasteiger partial charge in [-0.3, -0.25) is 0 Å². The van der Waals surface area contributed by atoms with Crippen LogP contribution in [0.1, 0.15) is 40.5 Å². The molecule has 15 heavy (non-hydrogen) atoms. The Morgan fingerprint density at radius 3 is 2.07 bits per heavy atom. The molecule has 1 spiro atoms. The van der Waals surface area contributed by atoms with Crippen molar-refractivity contribution in [1.82, 2.24) is 9.80 Å². The Morgan fingerprint density at radius 1 is 1.00 bits per heavy atom. The third-order valence-electron chi connectivity index (χ3n) is 3.62. The van der Waals surface area contributed by atoms with Crippen LogP contribution in [0, 0.1) is 5.41 Å². The zero-order chi connectivity index (χ0) is 11.3. The topological polar surface area (TPSA) is 6.48 Å². The third-order valence-corrected chi connectivity index (χ3v) is 3.62. The molecule has 0 saturated carbocycles. The van der Waals surface area contributed by atoms with Crippen molar-refractivity contribution in [3.05, 3.63) is 0 Å². The first-order chi connectivity index (χ1) is 7.28. The standard InChI is InChI=1S/C11H22N2.C2H6/c1-3-6-13-9-11(10-13)5-7-12(4-2)8-11;1-2/h3-10H2,1-2H3;1-2H3. The summed E-state index contributed by atoms with van der Waals surface area (Å²) >= 11 is 0. The van der Waals surface area contributed by atoms with Crippen LogP contribution in [0.25, 0.3) is 0 Å². The normalized spacial score (nSPS) is 24.8. The minimum Gasteiger partial charge on any atom is -0.303 e. The summed E-state index contributed by atoms with van der Waals surface area (Å²) in [6, 6.07) is 0. The van der Waals surface area contributed by atoms with Crippen LogP contribution in [-0.2, 0) is 0 Å². The third kappa shape index (κ3) is 2.94. The Kier molecular flexibility index (Phi) is 5.07. The second kappa shape index (κ2) is 5.86. The molecule has 2 fully saturated rings. The average molecular weight is 212 g/mol. The number of hydrogen-bond donors (Lipinski definition) is 0. The van der Waals surface area contributed by atoms with Crippen LogP contribution in [0.15, 0.2) is 0 Å². The molecule has 0 unspecified atom stereocenters. The maximum Gasteiger partial charge on any atom is 0.00969 e. The van der Waals surface area contributed by atoms with Gasteiger partial charge in [-0.15, -0.1) is 0 Å². The van der Waals surface area contributed by atoms with Crippen LogP contribution in [0.2, 0.25) is 0 Å². The zero-order valence-electron chi connectivity index (χ0n) is 11.1. The number of likely N-dealkylation sites (tertiary alicyclic amines) is 2. The molecule has 2 saturated heterocycles. The van der Waals surface area contributed by atoms with Crippen LogP contribution in [0.3, 0.4) is 0 Å². The summed E-state index contributed by atoms with van der Waals surface area (Å²) < 4.78 is 0. The molecule has 0 bridgehead atoms. The molecule has 2 rings (SSSR count). The van der Waals surface area contributed by atoms with E-state index < -0.39 is 0 Å². The van der Waals surface area contributed by atoms with Gasteiger partial charge in [0.2, 0.25) is 0 Å². The molecule has 2 heterocycles. The van der Waals surface area contributed by atoms with Gasteiger partial charge in [0, 0.05) is 25.0 Å². The Hall–Kier alpha value is -0.0800. The summed E-state index contributed by atoms with van der Waals surface area (Å²) in [4.78, 5) is 5.21. The highest BCUT2D eigenvalue weighted by Crippen LogP contribution is 2.39. The average Bonchev–Trinajstić information content (AvgIpc) is 2.65. The molecule has 0 aromatic rings. The van der Waals surface area contributed by atoms with Gasteiger partial charge in [-0.1, -0.05) is 27.7 Å². The maximum atomic E-state index is 2.61. The first kappa shape index (κ1) is 13.0. The molecule has 0 aromatic heterocycles. The SMILES string of the molecule is CC.CCCN1CC2(CCN(CC)C2)C1. The number of nitrogens with zero attached hydrogens (tertiary/aromatic N) is 2. The monoisotopic (exact) mass is 212 g/mol. The van der Waals surface area contributed by atoms with Crippen LogP contribution in [0.4, 0.5) is 0 Å². The van der Waals surface area contributed by atoms with Crippen molar-refractivity contribution in [2.24, 2.45) is 5.41 Å². The van der Waals surface area contributed by atoms with Crippen molar-refractivity contribution in [1.29, 1.82) is 0 Å². The lowest BCUT2D eigenvalue weighted by molar-refractivity contribution is 0.00922. The summed E-state index contributed by atoms with van der Waals surface area (Å²) in [6.45, 7) is 16.6. The molecule has 2 aliphatic heterocycles. The first-order valence-electron chi connectivity index (χ1n) is 6.73. The predicted molar refractivity (Wildman–Crippen MR) is 67.2 cm³/mol. The summed E-state index contributed by atoms with van der Waals surface area (Å²) in [5.41, 5.74) is 0.713. The summed E-state index contributed by atoms with van der Waals surface area (Å²) in [6.07, 6.45) is 2.76. The van der Waals surface area contributed by atoms with E-state index in [1.807, 2.05) is 13.8 Å². The van der Waals surface area contributed by atoms with Crippen LogP contribution >= 0.6 is 0 Å². The summed E-state index contributed by atoms with van der Waals surface area (Å²) in [5.74, 6) is 0. The molecule has 2 aliphatic rings. The van der Waals surface area contributed by atoms with Crippen LogP contribution in [-0.4, -0.2) is 49.1 Å². The van der Waals surface area contributed by atoms with Crippen molar-refractivity contribution in [3.8, 4) is 0 Å². The van der Waals surface area contributed by atoms with E-state index in [9.17, 15) is 0 Å². The summed E-state index contributed by atoms with van der Waals surface area (Å²) in [5, 5.41) is 0. The molecule has 0 radical (unpaired) electrons. The van der Waals surface area contributed by atoms with Crippen LogP contribution < -0.4 is 0 Å². The van der Waals surface area contributed by atoms with Crippen LogP contribution in [0.5, 0.6) is 0 Å². The smallest absolute Gasteiger partial charge is 0.00969 e. The van der Waals surface area contributed by atoms with E-state index in [1.54, 1.807) is 0 Å². The first-order valence-corrected chi connectivity index (χ1v) is 6.73. The Labute approximate surface area is 95.6 Å². The molecule has 0 aliphatic carbocycles. The minimum absolute atomic E-state index is 0.713. The van der Waals surface area contributed by atoms with Gasteiger partial charge < -0.3 is 9.80 Å². The van der Waals surface area contributed by atoms with Gasteiger partial charge in [-0.2, -0.15) is 0 Å². The molecule has 2 nitrogen and oxygen atoms in total. The molecule has 0 aromatic carbocycles.